The normalized spacial score (nSPS) is 10.2. The van der Waals surface area contributed by atoms with E-state index >= 15 is 0 Å². The van der Waals surface area contributed by atoms with Crippen LogP contribution in [-0.4, -0.2) is 26.7 Å². The molecule has 0 heterocycles. The first-order chi connectivity index (χ1) is 8.96. The molecule has 0 unspecified atom stereocenters. The second kappa shape index (κ2) is 6.58. The fraction of sp³-hybridized carbons (Fsp3) is 0.231. The van der Waals surface area contributed by atoms with E-state index in [1.165, 1.54) is 6.07 Å². The van der Waals surface area contributed by atoms with E-state index in [1.54, 1.807) is 18.2 Å². The number of esters is 1. The molecule has 0 saturated carbocycles. The molecule has 0 saturated heterocycles. The van der Waals surface area contributed by atoms with Crippen molar-refractivity contribution in [2.45, 2.75) is 5.75 Å². The average Bonchev–Trinajstić information content (AvgIpc) is 2.35. The molecule has 0 aliphatic rings. The molecule has 19 heavy (non-hydrogen) atoms. The number of rotatable bonds is 5. The predicted molar refractivity (Wildman–Crippen MR) is 68.4 cm³/mol. The smallest absolute Gasteiger partial charge is 0.322 e. The Morgan fingerprint density at radius 1 is 1.42 bits per heavy atom. The molecule has 0 amide bonds. The van der Waals surface area contributed by atoms with Crippen molar-refractivity contribution in [2.75, 3.05) is 12.4 Å². The van der Waals surface area contributed by atoms with E-state index in [1.807, 2.05) is 6.07 Å². The van der Waals surface area contributed by atoms with Gasteiger partial charge in [0, 0.05) is 0 Å². The molecule has 0 spiro atoms. The van der Waals surface area contributed by atoms with E-state index in [4.69, 9.17) is 11.7 Å². The van der Waals surface area contributed by atoms with Gasteiger partial charge in [-0.1, -0.05) is 18.1 Å². The lowest BCUT2D eigenvalue weighted by molar-refractivity contribution is -0.139. The maximum atomic E-state index is 11.7. The SMILES string of the molecule is C#CCOC(=O)CS(=O)(=O)Cc1cccc(C#N)c1. The molecule has 0 aliphatic carbocycles. The highest BCUT2D eigenvalue weighted by Gasteiger charge is 2.18. The van der Waals surface area contributed by atoms with Gasteiger partial charge in [0.05, 0.1) is 17.4 Å². The third-order valence-electron chi connectivity index (χ3n) is 2.10. The molecule has 1 rings (SSSR count). The highest BCUT2D eigenvalue weighted by molar-refractivity contribution is 7.91. The number of hydrogen-bond acceptors (Lipinski definition) is 5. The van der Waals surface area contributed by atoms with Crippen LogP contribution in [0.25, 0.3) is 0 Å². The summed E-state index contributed by atoms with van der Waals surface area (Å²) in [5, 5.41) is 8.71. The van der Waals surface area contributed by atoms with Crippen LogP contribution in [0.1, 0.15) is 11.1 Å². The maximum Gasteiger partial charge on any atom is 0.322 e. The number of carbonyl (C=O) groups is 1. The summed E-state index contributed by atoms with van der Waals surface area (Å²) in [5.74, 6) is 0.139. The van der Waals surface area contributed by atoms with Crippen LogP contribution in [0.2, 0.25) is 0 Å². The molecular formula is C13H11NO4S. The third-order valence-corrected chi connectivity index (χ3v) is 3.55. The van der Waals surface area contributed by atoms with Crippen LogP contribution in [0, 0.1) is 23.7 Å². The van der Waals surface area contributed by atoms with Gasteiger partial charge in [-0.2, -0.15) is 5.26 Å². The van der Waals surface area contributed by atoms with Crippen LogP contribution in [-0.2, 0) is 25.1 Å². The van der Waals surface area contributed by atoms with Crippen LogP contribution in [0.3, 0.4) is 0 Å². The maximum absolute atomic E-state index is 11.7. The summed E-state index contributed by atoms with van der Waals surface area (Å²) < 4.78 is 28.0. The summed E-state index contributed by atoms with van der Waals surface area (Å²) in [5.41, 5.74) is 0.811. The van der Waals surface area contributed by atoms with Crippen molar-refractivity contribution < 1.29 is 17.9 Å². The van der Waals surface area contributed by atoms with Gasteiger partial charge in [0.2, 0.25) is 0 Å². The average molecular weight is 277 g/mol. The zero-order chi connectivity index (χ0) is 14.3. The van der Waals surface area contributed by atoms with Crippen molar-refractivity contribution in [3.8, 4) is 18.4 Å². The van der Waals surface area contributed by atoms with Crippen LogP contribution < -0.4 is 0 Å². The molecule has 0 aliphatic heterocycles. The Bertz CT molecular complexity index is 650. The van der Waals surface area contributed by atoms with Crippen molar-refractivity contribution >= 4 is 15.8 Å². The second-order valence-electron chi connectivity index (χ2n) is 3.71. The van der Waals surface area contributed by atoms with Crippen molar-refractivity contribution in [1.82, 2.24) is 0 Å². The summed E-state index contributed by atoms with van der Waals surface area (Å²) in [4.78, 5) is 11.2. The molecule has 98 valence electrons. The van der Waals surface area contributed by atoms with Crippen LogP contribution >= 0.6 is 0 Å². The number of benzene rings is 1. The number of terminal acetylenes is 1. The van der Waals surface area contributed by atoms with Gasteiger partial charge in [0.25, 0.3) is 0 Å². The minimum Gasteiger partial charge on any atom is -0.452 e. The standard InChI is InChI=1S/C13H11NO4S/c1-2-6-18-13(15)10-19(16,17)9-12-5-3-4-11(7-12)8-14/h1,3-5,7H,6,9-10H2. The van der Waals surface area contributed by atoms with Crippen molar-refractivity contribution in [2.24, 2.45) is 0 Å². The Morgan fingerprint density at radius 3 is 2.79 bits per heavy atom. The van der Waals surface area contributed by atoms with Gasteiger partial charge in [-0.25, -0.2) is 8.42 Å². The lowest BCUT2D eigenvalue weighted by Crippen LogP contribution is -2.20. The Kier molecular flexibility index (Phi) is 5.11. The molecule has 1 aromatic carbocycles. The minimum absolute atomic E-state index is 0.252. The molecule has 0 bridgehead atoms. The first-order valence-corrected chi connectivity index (χ1v) is 7.07. The fourth-order valence-corrected chi connectivity index (χ4v) is 2.61. The van der Waals surface area contributed by atoms with Gasteiger partial charge in [0.15, 0.2) is 16.4 Å². The van der Waals surface area contributed by atoms with Gasteiger partial charge in [-0.15, -0.1) is 6.42 Å². The molecule has 5 nitrogen and oxygen atoms in total. The van der Waals surface area contributed by atoms with Crippen molar-refractivity contribution in [1.29, 1.82) is 5.26 Å². The van der Waals surface area contributed by atoms with E-state index < -0.39 is 21.6 Å². The van der Waals surface area contributed by atoms with Crippen molar-refractivity contribution in [3.63, 3.8) is 0 Å². The van der Waals surface area contributed by atoms with Crippen molar-refractivity contribution in [3.05, 3.63) is 35.4 Å². The summed E-state index contributed by atoms with van der Waals surface area (Å²) in [6.45, 7) is -0.252. The van der Waals surface area contributed by atoms with Gasteiger partial charge in [0.1, 0.15) is 5.75 Å². The fourth-order valence-electron chi connectivity index (χ4n) is 1.38. The highest BCUT2D eigenvalue weighted by atomic mass is 32.2. The van der Waals surface area contributed by atoms with Gasteiger partial charge in [-0.3, -0.25) is 4.79 Å². The molecule has 0 atom stereocenters. The van der Waals surface area contributed by atoms with Crippen LogP contribution in [0.15, 0.2) is 24.3 Å². The lowest BCUT2D eigenvalue weighted by Gasteiger charge is -2.04. The Balaban J connectivity index is 2.72. The Labute approximate surface area is 111 Å². The Morgan fingerprint density at radius 2 is 2.16 bits per heavy atom. The van der Waals surface area contributed by atoms with E-state index in [0.717, 1.165) is 0 Å². The summed E-state index contributed by atoms with van der Waals surface area (Å²) in [6, 6.07) is 8.10. The summed E-state index contributed by atoms with van der Waals surface area (Å²) in [6.07, 6.45) is 4.89. The summed E-state index contributed by atoms with van der Waals surface area (Å²) >= 11 is 0. The van der Waals surface area contributed by atoms with E-state index in [0.29, 0.717) is 11.1 Å². The quantitative estimate of drug-likeness (QED) is 0.583. The zero-order valence-corrected chi connectivity index (χ0v) is 10.8. The first kappa shape index (κ1) is 14.7. The van der Waals surface area contributed by atoms with Gasteiger partial charge < -0.3 is 4.74 Å². The van der Waals surface area contributed by atoms with E-state index in [9.17, 15) is 13.2 Å². The number of nitriles is 1. The number of hydrogen-bond donors (Lipinski definition) is 0. The van der Waals surface area contributed by atoms with Gasteiger partial charge in [-0.05, 0) is 17.7 Å². The second-order valence-corrected chi connectivity index (χ2v) is 5.77. The minimum atomic E-state index is -3.64. The zero-order valence-electron chi connectivity index (χ0n) is 10.00. The van der Waals surface area contributed by atoms with E-state index in [2.05, 4.69) is 10.7 Å². The molecule has 0 aromatic heterocycles. The van der Waals surface area contributed by atoms with Gasteiger partial charge >= 0.3 is 5.97 Å². The molecule has 6 heteroatoms. The third kappa shape index (κ3) is 5.24. The number of ether oxygens (including phenoxy) is 1. The Hall–Kier alpha value is -2.31. The largest absolute Gasteiger partial charge is 0.452 e. The van der Waals surface area contributed by atoms with Crippen LogP contribution in [0.4, 0.5) is 0 Å². The molecule has 1 aromatic rings. The predicted octanol–water partition coefficient (Wildman–Crippen LogP) is 0.649. The highest BCUT2D eigenvalue weighted by Crippen LogP contribution is 2.09. The number of sulfone groups is 1. The first-order valence-electron chi connectivity index (χ1n) is 5.25. The van der Waals surface area contributed by atoms with Crippen LogP contribution in [0.5, 0.6) is 0 Å². The van der Waals surface area contributed by atoms with E-state index in [-0.39, 0.29) is 12.4 Å². The number of nitrogens with zero attached hydrogens (tertiary/aromatic N) is 1. The number of carbonyl (C=O) groups excluding carboxylic acids is 1. The molecule has 0 radical (unpaired) electrons. The topological polar surface area (TPSA) is 84.2 Å². The lowest BCUT2D eigenvalue weighted by atomic mass is 10.2. The molecule has 0 N–H and O–H groups in total. The molecule has 0 fully saturated rings. The molecular weight excluding hydrogens is 266 g/mol. The summed E-state index contributed by atoms with van der Waals surface area (Å²) in [7, 11) is -3.64. The monoisotopic (exact) mass is 277 g/mol.